The van der Waals surface area contributed by atoms with Crippen LogP contribution in [0, 0.1) is 13.8 Å². The number of aryl methyl sites for hydroxylation is 2. The molecule has 0 fully saturated rings. The molecule has 1 aromatic carbocycles. The van der Waals surface area contributed by atoms with Gasteiger partial charge in [-0.1, -0.05) is 6.07 Å². The maximum Gasteiger partial charge on any atom is 0.222 e. The molecule has 5 heteroatoms. The van der Waals surface area contributed by atoms with E-state index in [1.54, 1.807) is 4.90 Å². The van der Waals surface area contributed by atoms with Gasteiger partial charge in [-0.05, 0) is 50.6 Å². The molecule has 4 nitrogen and oxygen atoms in total. The molecule has 0 aliphatic heterocycles. The SMILES string of the molecule is CNCCN(C)C(=O)CCCOc1ccc(C)c(C)c1.Cl. The molecular formula is C16H27ClN2O2. The van der Waals surface area contributed by atoms with E-state index < -0.39 is 0 Å². The number of nitrogens with one attached hydrogen (secondary N) is 1. The number of carbonyl (C=O) groups excluding carboxylic acids is 1. The van der Waals surface area contributed by atoms with E-state index in [1.807, 2.05) is 26.2 Å². The van der Waals surface area contributed by atoms with Crippen LogP contribution in [0.2, 0.25) is 0 Å². The minimum absolute atomic E-state index is 0. The zero-order chi connectivity index (χ0) is 15.0. The van der Waals surface area contributed by atoms with Gasteiger partial charge in [-0.3, -0.25) is 4.79 Å². The van der Waals surface area contributed by atoms with Crippen LogP contribution >= 0.6 is 12.4 Å². The molecule has 0 atom stereocenters. The van der Waals surface area contributed by atoms with Gasteiger partial charge in [0.25, 0.3) is 0 Å². The van der Waals surface area contributed by atoms with Crippen molar-refractivity contribution in [2.24, 2.45) is 0 Å². The summed E-state index contributed by atoms with van der Waals surface area (Å²) in [5.74, 6) is 1.05. The number of hydrogen-bond acceptors (Lipinski definition) is 3. The Balaban J connectivity index is 0.00000400. The second-order valence-corrected chi connectivity index (χ2v) is 5.12. The number of rotatable bonds is 8. The third-order valence-corrected chi connectivity index (χ3v) is 3.41. The third kappa shape index (κ3) is 7.34. The minimum atomic E-state index is 0. The van der Waals surface area contributed by atoms with Gasteiger partial charge in [0.15, 0.2) is 0 Å². The summed E-state index contributed by atoms with van der Waals surface area (Å²) in [5.41, 5.74) is 2.49. The number of nitrogens with zero attached hydrogens (tertiary/aromatic N) is 1. The molecule has 0 unspecified atom stereocenters. The van der Waals surface area contributed by atoms with Gasteiger partial charge < -0.3 is 15.0 Å². The van der Waals surface area contributed by atoms with Crippen molar-refractivity contribution in [2.45, 2.75) is 26.7 Å². The van der Waals surface area contributed by atoms with E-state index in [9.17, 15) is 4.79 Å². The monoisotopic (exact) mass is 314 g/mol. The van der Waals surface area contributed by atoms with Crippen molar-refractivity contribution in [3.05, 3.63) is 29.3 Å². The molecule has 0 aliphatic rings. The molecule has 0 bridgehead atoms. The standard InChI is InChI=1S/C16H26N2O2.ClH/c1-13-7-8-15(12-14(13)2)20-11-5-6-16(19)18(4)10-9-17-3;/h7-8,12,17H,5-6,9-11H2,1-4H3;1H. The fourth-order valence-corrected chi connectivity index (χ4v) is 1.81. The van der Waals surface area contributed by atoms with Gasteiger partial charge in [-0.15, -0.1) is 12.4 Å². The number of benzene rings is 1. The van der Waals surface area contributed by atoms with Gasteiger partial charge >= 0.3 is 0 Å². The van der Waals surface area contributed by atoms with Gasteiger partial charge in [0.2, 0.25) is 5.91 Å². The Morgan fingerprint density at radius 3 is 2.62 bits per heavy atom. The van der Waals surface area contributed by atoms with Crippen LogP contribution in [0.15, 0.2) is 18.2 Å². The van der Waals surface area contributed by atoms with Crippen LogP contribution in [-0.2, 0) is 4.79 Å². The largest absolute Gasteiger partial charge is 0.494 e. The lowest BCUT2D eigenvalue weighted by Gasteiger charge is -2.16. The summed E-state index contributed by atoms with van der Waals surface area (Å²) in [5, 5.41) is 3.03. The van der Waals surface area contributed by atoms with Crippen molar-refractivity contribution >= 4 is 18.3 Å². The van der Waals surface area contributed by atoms with E-state index in [0.29, 0.717) is 13.0 Å². The average Bonchev–Trinajstić information content (AvgIpc) is 2.44. The van der Waals surface area contributed by atoms with Crippen molar-refractivity contribution in [3.8, 4) is 5.75 Å². The predicted octanol–water partition coefficient (Wildman–Crippen LogP) is 2.56. The van der Waals surface area contributed by atoms with Crippen LogP contribution in [0.4, 0.5) is 0 Å². The smallest absolute Gasteiger partial charge is 0.222 e. The summed E-state index contributed by atoms with van der Waals surface area (Å²) in [6.07, 6.45) is 1.28. The zero-order valence-electron chi connectivity index (χ0n) is 13.4. The second-order valence-electron chi connectivity index (χ2n) is 5.12. The number of amides is 1. The number of halogens is 1. The predicted molar refractivity (Wildman–Crippen MR) is 89.5 cm³/mol. The molecular weight excluding hydrogens is 288 g/mol. The maximum atomic E-state index is 11.8. The van der Waals surface area contributed by atoms with E-state index >= 15 is 0 Å². The van der Waals surface area contributed by atoms with Gasteiger partial charge in [-0.25, -0.2) is 0 Å². The van der Waals surface area contributed by atoms with Crippen LogP contribution in [0.1, 0.15) is 24.0 Å². The molecule has 0 saturated carbocycles. The summed E-state index contributed by atoms with van der Waals surface area (Å²) >= 11 is 0. The lowest BCUT2D eigenvalue weighted by Crippen LogP contribution is -2.32. The summed E-state index contributed by atoms with van der Waals surface area (Å²) in [6.45, 7) is 6.30. The van der Waals surface area contributed by atoms with Crippen molar-refractivity contribution in [3.63, 3.8) is 0 Å². The van der Waals surface area contributed by atoms with Crippen molar-refractivity contribution < 1.29 is 9.53 Å². The minimum Gasteiger partial charge on any atom is -0.494 e. The molecule has 1 N–H and O–H groups in total. The lowest BCUT2D eigenvalue weighted by molar-refractivity contribution is -0.130. The molecule has 1 amide bonds. The molecule has 1 rings (SSSR count). The van der Waals surface area contributed by atoms with Crippen LogP contribution in [0.25, 0.3) is 0 Å². The first-order valence-electron chi connectivity index (χ1n) is 7.13. The highest BCUT2D eigenvalue weighted by atomic mass is 35.5. The van der Waals surface area contributed by atoms with E-state index in [4.69, 9.17) is 4.74 Å². The first-order chi connectivity index (χ1) is 9.54. The Kier molecular flexibility index (Phi) is 9.84. The molecule has 0 spiro atoms. The van der Waals surface area contributed by atoms with Crippen molar-refractivity contribution in [1.82, 2.24) is 10.2 Å². The van der Waals surface area contributed by atoms with E-state index in [0.717, 1.165) is 25.3 Å². The Morgan fingerprint density at radius 1 is 1.29 bits per heavy atom. The van der Waals surface area contributed by atoms with Gasteiger partial charge in [0.1, 0.15) is 5.75 Å². The Labute approximate surface area is 134 Å². The maximum absolute atomic E-state index is 11.8. The second kappa shape index (κ2) is 10.5. The molecule has 120 valence electrons. The highest BCUT2D eigenvalue weighted by molar-refractivity contribution is 5.85. The molecule has 21 heavy (non-hydrogen) atoms. The highest BCUT2D eigenvalue weighted by Gasteiger charge is 2.07. The highest BCUT2D eigenvalue weighted by Crippen LogP contribution is 2.16. The molecule has 0 aliphatic carbocycles. The third-order valence-electron chi connectivity index (χ3n) is 3.41. The molecule has 0 aromatic heterocycles. The summed E-state index contributed by atoms with van der Waals surface area (Å²) in [4.78, 5) is 13.6. The summed E-state index contributed by atoms with van der Waals surface area (Å²) in [7, 11) is 3.72. The summed E-state index contributed by atoms with van der Waals surface area (Å²) in [6, 6.07) is 6.07. The van der Waals surface area contributed by atoms with E-state index in [2.05, 4.69) is 25.2 Å². The Bertz CT molecular complexity index is 438. The first kappa shape index (κ1) is 19.7. The fourth-order valence-electron chi connectivity index (χ4n) is 1.81. The average molecular weight is 315 g/mol. The van der Waals surface area contributed by atoms with E-state index in [1.165, 1.54) is 11.1 Å². The fraction of sp³-hybridized carbons (Fsp3) is 0.562. The number of ether oxygens (including phenoxy) is 1. The van der Waals surface area contributed by atoms with Gasteiger partial charge in [0, 0.05) is 26.6 Å². The topological polar surface area (TPSA) is 41.6 Å². The molecule has 0 saturated heterocycles. The van der Waals surface area contributed by atoms with Gasteiger partial charge in [-0.2, -0.15) is 0 Å². The quantitative estimate of drug-likeness (QED) is 0.750. The molecule has 1 aromatic rings. The summed E-state index contributed by atoms with van der Waals surface area (Å²) < 4.78 is 5.67. The normalized spacial score (nSPS) is 9.90. The van der Waals surface area contributed by atoms with Crippen LogP contribution in [-0.4, -0.2) is 44.6 Å². The van der Waals surface area contributed by atoms with Gasteiger partial charge in [0.05, 0.1) is 6.61 Å². The zero-order valence-corrected chi connectivity index (χ0v) is 14.3. The van der Waals surface area contributed by atoms with Crippen molar-refractivity contribution in [2.75, 3.05) is 33.8 Å². The Morgan fingerprint density at radius 2 is 2.00 bits per heavy atom. The number of carbonyl (C=O) groups is 1. The van der Waals surface area contributed by atoms with Crippen molar-refractivity contribution in [1.29, 1.82) is 0 Å². The molecule has 0 heterocycles. The lowest BCUT2D eigenvalue weighted by atomic mass is 10.1. The number of hydrogen-bond donors (Lipinski definition) is 1. The number of likely N-dealkylation sites (N-methyl/N-ethyl adjacent to an activating group) is 2. The van der Waals surface area contributed by atoms with Crippen LogP contribution in [0.5, 0.6) is 5.75 Å². The van der Waals surface area contributed by atoms with Crippen LogP contribution < -0.4 is 10.1 Å². The van der Waals surface area contributed by atoms with E-state index in [-0.39, 0.29) is 18.3 Å². The van der Waals surface area contributed by atoms with Crippen LogP contribution in [0.3, 0.4) is 0 Å². The Hall–Kier alpha value is -1.26. The molecule has 0 radical (unpaired) electrons. The first-order valence-corrected chi connectivity index (χ1v) is 7.13.